The van der Waals surface area contributed by atoms with Gasteiger partial charge in [-0.25, -0.2) is 0 Å². The van der Waals surface area contributed by atoms with E-state index < -0.39 is 0 Å². The molecule has 0 saturated carbocycles. The van der Waals surface area contributed by atoms with Gasteiger partial charge >= 0.3 is 0 Å². The second-order valence-electron chi connectivity index (χ2n) is 4.71. The lowest BCUT2D eigenvalue weighted by molar-refractivity contribution is 0.114. The molecule has 18 heavy (non-hydrogen) atoms. The average molecular weight is 250 g/mol. The van der Waals surface area contributed by atoms with Crippen molar-refractivity contribution in [2.45, 2.75) is 5.92 Å². The first-order valence-corrected chi connectivity index (χ1v) is 6.49. The molecule has 100 valence electrons. The zero-order valence-corrected chi connectivity index (χ0v) is 11.0. The topological polar surface area (TPSA) is 47.7 Å². The lowest BCUT2D eigenvalue weighted by atomic mass is 10.0. The molecule has 4 heteroatoms. The molecule has 0 aliphatic carbocycles. The first-order chi connectivity index (χ1) is 8.81. The minimum absolute atomic E-state index is 0.473. The maximum absolute atomic E-state index is 5.68. The lowest BCUT2D eigenvalue weighted by Gasteiger charge is -2.20. The third-order valence-electron chi connectivity index (χ3n) is 3.21. The summed E-state index contributed by atoms with van der Waals surface area (Å²) < 4.78 is 11.1. The van der Waals surface area contributed by atoms with Crippen LogP contribution in [0.4, 0.5) is 0 Å². The molecule has 4 nitrogen and oxygen atoms in total. The van der Waals surface area contributed by atoms with E-state index >= 15 is 0 Å². The van der Waals surface area contributed by atoms with Crippen LogP contribution < -0.4 is 10.5 Å². The number of ether oxygens (including phenoxy) is 2. The van der Waals surface area contributed by atoms with Crippen molar-refractivity contribution >= 4 is 0 Å². The maximum Gasteiger partial charge on any atom is 0.122 e. The molecule has 0 amide bonds. The maximum atomic E-state index is 5.68. The lowest BCUT2D eigenvalue weighted by Crippen LogP contribution is -2.29. The number of benzene rings is 1. The zero-order valence-electron chi connectivity index (χ0n) is 11.0. The monoisotopic (exact) mass is 250 g/mol. The molecular weight excluding hydrogens is 228 g/mol. The fraction of sp³-hybridized carbons (Fsp3) is 0.571. The normalized spacial score (nSPS) is 17.8. The quantitative estimate of drug-likeness (QED) is 0.735. The Morgan fingerprint density at radius 3 is 3.06 bits per heavy atom. The number of likely N-dealkylation sites (N-methyl/N-ethyl adjacent to an activating group) is 1. The van der Waals surface area contributed by atoms with Gasteiger partial charge < -0.3 is 20.1 Å². The Balaban J connectivity index is 1.77. The number of nitrogens with two attached hydrogens (primary N) is 1. The summed E-state index contributed by atoms with van der Waals surface area (Å²) in [5.74, 6) is 1.51. The molecule has 1 aliphatic rings. The van der Waals surface area contributed by atoms with Crippen molar-refractivity contribution in [3.63, 3.8) is 0 Å². The van der Waals surface area contributed by atoms with Gasteiger partial charge in [0.15, 0.2) is 0 Å². The molecule has 2 rings (SSSR count). The summed E-state index contributed by atoms with van der Waals surface area (Å²) in [7, 11) is 2.12. The molecule has 2 N–H and O–H groups in total. The van der Waals surface area contributed by atoms with E-state index in [9.17, 15) is 0 Å². The minimum atomic E-state index is 0.473. The van der Waals surface area contributed by atoms with Crippen LogP contribution in [0.2, 0.25) is 0 Å². The van der Waals surface area contributed by atoms with Crippen LogP contribution >= 0.6 is 0 Å². The van der Waals surface area contributed by atoms with Gasteiger partial charge in [0.05, 0.1) is 19.8 Å². The van der Waals surface area contributed by atoms with Gasteiger partial charge in [-0.15, -0.1) is 0 Å². The third-order valence-corrected chi connectivity index (χ3v) is 3.21. The second-order valence-corrected chi connectivity index (χ2v) is 4.71. The molecular formula is C14H22N2O2. The Labute approximate surface area is 109 Å². The fourth-order valence-electron chi connectivity index (χ4n) is 2.25. The molecule has 0 radical (unpaired) electrons. The van der Waals surface area contributed by atoms with E-state index in [1.165, 1.54) is 5.56 Å². The number of hydrogen-bond donors (Lipinski definition) is 1. The largest absolute Gasteiger partial charge is 0.493 e. The summed E-state index contributed by atoms with van der Waals surface area (Å²) in [6.07, 6.45) is 0. The van der Waals surface area contributed by atoms with E-state index in [2.05, 4.69) is 24.1 Å². The Hall–Kier alpha value is -1.10. The molecule has 1 aromatic carbocycles. The zero-order chi connectivity index (χ0) is 12.8. The highest BCUT2D eigenvalue weighted by molar-refractivity contribution is 5.39. The first kappa shape index (κ1) is 13.3. The summed E-state index contributed by atoms with van der Waals surface area (Å²) in [6.45, 7) is 4.69. The molecule has 1 aliphatic heterocycles. The van der Waals surface area contributed by atoms with E-state index in [4.69, 9.17) is 15.2 Å². The first-order valence-electron chi connectivity index (χ1n) is 6.49. The van der Waals surface area contributed by atoms with Crippen LogP contribution in [0.15, 0.2) is 24.3 Å². The summed E-state index contributed by atoms with van der Waals surface area (Å²) in [4.78, 5) is 2.28. The SMILES string of the molecule is CN(CCOCCN)CC1COc2ccccc21. The Morgan fingerprint density at radius 1 is 1.39 bits per heavy atom. The van der Waals surface area contributed by atoms with Crippen LogP contribution in [0.5, 0.6) is 5.75 Å². The highest BCUT2D eigenvalue weighted by Crippen LogP contribution is 2.33. The van der Waals surface area contributed by atoms with Crippen LogP contribution in [0.3, 0.4) is 0 Å². The van der Waals surface area contributed by atoms with Crippen molar-refractivity contribution in [2.75, 3.05) is 46.5 Å². The van der Waals surface area contributed by atoms with Crippen molar-refractivity contribution in [1.82, 2.24) is 4.90 Å². The number of hydrogen-bond acceptors (Lipinski definition) is 4. The fourth-order valence-corrected chi connectivity index (χ4v) is 2.25. The molecule has 0 bridgehead atoms. The number of rotatable bonds is 7. The van der Waals surface area contributed by atoms with Crippen LogP contribution in [0.25, 0.3) is 0 Å². The van der Waals surface area contributed by atoms with Gasteiger partial charge in [0.1, 0.15) is 5.75 Å². The predicted octanol–water partition coefficient (Wildman–Crippen LogP) is 1.07. The highest BCUT2D eigenvalue weighted by atomic mass is 16.5. The van der Waals surface area contributed by atoms with Gasteiger partial charge in [-0.2, -0.15) is 0 Å². The van der Waals surface area contributed by atoms with Crippen LogP contribution in [-0.4, -0.2) is 51.4 Å². The summed E-state index contributed by atoms with van der Waals surface area (Å²) in [5, 5.41) is 0. The van der Waals surface area contributed by atoms with E-state index in [1.807, 2.05) is 12.1 Å². The van der Waals surface area contributed by atoms with Crippen molar-refractivity contribution in [3.8, 4) is 5.75 Å². The molecule has 0 aromatic heterocycles. The Bertz CT molecular complexity index is 371. The molecule has 1 atom stereocenters. The molecule has 0 saturated heterocycles. The van der Waals surface area contributed by atoms with Crippen LogP contribution in [0.1, 0.15) is 11.5 Å². The Morgan fingerprint density at radius 2 is 2.22 bits per heavy atom. The number of nitrogens with zero attached hydrogens (tertiary/aromatic N) is 1. The van der Waals surface area contributed by atoms with Crippen molar-refractivity contribution in [2.24, 2.45) is 5.73 Å². The van der Waals surface area contributed by atoms with Gasteiger partial charge in [0.25, 0.3) is 0 Å². The highest BCUT2D eigenvalue weighted by Gasteiger charge is 2.24. The molecule has 1 aromatic rings. The summed E-state index contributed by atoms with van der Waals surface area (Å²) >= 11 is 0. The average Bonchev–Trinajstić information content (AvgIpc) is 2.78. The standard InChI is InChI=1S/C14H22N2O2/c1-16(7-9-17-8-6-15)10-12-11-18-14-5-3-2-4-13(12)14/h2-5,12H,6-11,15H2,1H3. The van der Waals surface area contributed by atoms with Crippen LogP contribution in [0, 0.1) is 0 Å². The van der Waals surface area contributed by atoms with Gasteiger partial charge in [-0.05, 0) is 13.1 Å². The van der Waals surface area contributed by atoms with Gasteiger partial charge in [-0.1, -0.05) is 18.2 Å². The molecule has 0 spiro atoms. The van der Waals surface area contributed by atoms with Crippen LogP contribution in [-0.2, 0) is 4.74 Å². The Kier molecular flexibility index (Phi) is 4.99. The van der Waals surface area contributed by atoms with E-state index in [1.54, 1.807) is 0 Å². The summed E-state index contributed by atoms with van der Waals surface area (Å²) in [5.41, 5.74) is 6.70. The van der Waals surface area contributed by atoms with Gasteiger partial charge in [-0.3, -0.25) is 0 Å². The smallest absolute Gasteiger partial charge is 0.122 e. The predicted molar refractivity (Wildman–Crippen MR) is 72.0 cm³/mol. The molecule has 1 unspecified atom stereocenters. The third kappa shape index (κ3) is 3.45. The number of para-hydroxylation sites is 1. The van der Waals surface area contributed by atoms with Gasteiger partial charge in [0.2, 0.25) is 0 Å². The van der Waals surface area contributed by atoms with Crippen molar-refractivity contribution in [1.29, 1.82) is 0 Å². The van der Waals surface area contributed by atoms with Crippen molar-refractivity contribution in [3.05, 3.63) is 29.8 Å². The summed E-state index contributed by atoms with van der Waals surface area (Å²) in [6, 6.07) is 8.29. The minimum Gasteiger partial charge on any atom is -0.493 e. The van der Waals surface area contributed by atoms with E-state index in [0.717, 1.165) is 32.1 Å². The molecule has 1 heterocycles. The van der Waals surface area contributed by atoms with E-state index in [-0.39, 0.29) is 0 Å². The van der Waals surface area contributed by atoms with Crippen molar-refractivity contribution < 1.29 is 9.47 Å². The second kappa shape index (κ2) is 6.73. The van der Waals surface area contributed by atoms with E-state index in [0.29, 0.717) is 19.1 Å². The van der Waals surface area contributed by atoms with Gasteiger partial charge in [0, 0.05) is 31.1 Å². The molecule has 0 fully saturated rings. The number of fused-ring (bicyclic) bond motifs is 1.